The number of aromatic nitrogens is 4. The predicted octanol–water partition coefficient (Wildman–Crippen LogP) is 4.57. The lowest BCUT2D eigenvalue weighted by atomic mass is 10.1. The zero-order valence-corrected chi connectivity index (χ0v) is 21.2. The molecule has 4 rings (SSSR count). The Bertz CT molecular complexity index is 1380. The van der Waals surface area contributed by atoms with Gasteiger partial charge in [-0.25, -0.2) is 4.57 Å². The number of nitrogens with zero attached hydrogens (tertiary/aromatic N) is 5. The highest BCUT2D eigenvalue weighted by Gasteiger charge is 2.21. The summed E-state index contributed by atoms with van der Waals surface area (Å²) in [4.78, 5) is 28.5. The van der Waals surface area contributed by atoms with E-state index in [0.29, 0.717) is 28.2 Å². The number of hydrogen-bond donors (Lipinski definition) is 0. The van der Waals surface area contributed by atoms with Gasteiger partial charge in [0.1, 0.15) is 0 Å². The van der Waals surface area contributed by atoms with Crippen LogP contribution in [0.5, 0.6) is 0 Å². The molecule has 0 saturated heterocycles. The maximum Gasteiger partial charge on any atom is 0.267 e. The third-order valence-electron chi connectivity index (χ3n) is 5.60. The fourth-order valence-electron chi connectivity index (χ4n) is 4.18. The van der Waals surface area contributed by atoms with Crippen LogP contribution < -0.4 is 5.56 Å². The van der Waals surface area contributed by atoms with Gasteiger partial charge in [0.05, 0.1) is 22.3 Å². The van der Waals surface area contributed by atoms with E-state index in [9.17, 15) is 9.59 Å². The zero-order chi connectivity index (χ0) is 24.4. The van der Waals surface area contributed by atoms with E-state index in [2.05, 4.69) is 37.9 Å². The van der Waals surface area contributed by atoms with Crippen molar-refractivity contribution in [3.63, 3.8) is 0 Å². The van der Waals surface area contributed by atoms with E-state index in [0.717, 1.165) is 29.9 Å². The average Bonchev–Trinajstić information content (AvgIpc) is 3.21. The Balaban J connectivity index is 1.78. The molecule has 0 aliphatic carbocycles. The van der Waals surface area contributed by atoms with Crippen molar-refractivity contribution in [1.82, 2.24) is 24.1 Å². The Morgan fingerprint density at radius 1 is 0.971 bits per heavy atom. The molecule has 0 N–H and O–H groups in total. The molecule has 0 aliphatic heterocycles. The summed E-state index contributed by atoms with van der Waals surface area (Å²) >= 11 is 1.36. The van der Waals surface area contributed by atoms with E-state index >= 15 is 0 Å². The van der Waals surface area contributed by atoms with Gasteiger partial charge in [0, 0.05) is 13.1 Å². The van der Waals surface area contributed by atoms with Gasteiger partial charge in [0.2, 0.25) is 11.7 Å². The first-order chi connectivity index (χ1) is 16.3. The Morgan fingerprint density at radius 3 is 2.29 bits per heavy atom. The van der Waals surface area contributed by atoms with Crippen molar-refractivity contribution in [2.45, 2.75) is 39.8 Å². The second-order valence-electron chi connectivity index (χ2n) is 9.44. The minimum Gasteiger partial charge on any atom is -0.341 e. The fraction of sp³-hybridized carbons (Fsp3) is 0.385. The second kappa shape index (κ2) is 10.0. The maximum absolute atomic E-state index is 13.5. The molecule has 2 aromatic heterocycles. The lowest BCUT2D eigenvalue weighted by Crippen LogP contribution is -2.38. The number of carbonyl (C=O) groups is 1. The van der Waals surface area contributed by atoms with Crippen molar-refractivity contribution in [1.29, 1.82) is 0 Å². The van der Waals surface area contributed by atoms with Crippen LogP contribution in [0.25, 0.3) is 22.4 Å². The first-order valence-corrected chi connectivity index (χ1v) is 12.6. The molecule has 0 radical (unpaired) electrons. The van der Waals surface area contributed by atoms with Crippen molar-refractivity contribution < 1.29 is 4.79 Å². The first kappa shape index (κ1) is 24.0. The first-order valence-electron chi connectivity index (χ1n) is 11.6. The van der Waals surface area contributed by atoms with Crippen molar-refractivity contribution >= 4 is 34.3 Å². The molecule has 0 aliphatic rings. The summed E-state index contributed by atoms with van der Waals surface area (Å²) in [5.74, 6) is 1.58. The van der Waals surface area contributed by atoms with Gasteiger partial charge in [-0.3, -0.25) is 14.0 Å². The Kier molecular flexibility index (Phi) is 7.07. The Labute approximate surface area is 203 Å². The Morgan fingerprint density at radius 2 is 1.62 bits per heavy atom. The van der Waals surface area contributed by atoms with Gasteiger partial charge >= 0.3 is 0 Å². The van der Waals surface area contributed by atoms with E-state index in [1.165, 1.54) is 11.8 Å². The largest absolute Gasteiger partial charge is 0.341 e. The van der Waals surface area contributed by atoms with Crippen molar-refractivity contribution in [2.24, 2.45) is 11.8 Å². The van der Waals surface area contributed by atoms with Gasteiger partial charge in [-0.15, -0.1) is 10.2 Å². The van der Waals surface area contributed by atoms with E-state index in [1.807, 2.05) is 64.8 Å². The number of hydrogen-bond acceptors (Lipinski definition) is 5. The highest BCUT2D eigenvalue weighted by molar-refractivity contribution is 7.99. The van der Waals surface area contributed by atoms with E-state index in [4.69, 9.17) is 0 Å². The molecule has 2 aromatic carbocycles. The van der Waals surface area contributed by atoms with Crippen LogP contribution in [-0.4, -0.2) is 48.8 Å². The summed E-state index contributed by atoms with van der Waals surface area (Å²) in [5, 5.41) is 9.97. The molecular formula is C26H31N5O2S. The minimum absolute atomic E-state index is 0.0840. The molecule has 178 valence electrons. The van der Waals surface area contributed by atoms with Gasteiger partial charge in [0.15, 0.2) is 5.16 Å². The van der Waals surface area contributed by atoms with Crippen LogP contribution in [0, 0.1) is 18.8 Å². The topological polar surface area (TPSA) is 72.5 Å². The summed E-state index contributed by atoms with van der Waals surface area (Å²) in [6.07, 6.45) is 0. The van der Waals surface area contributed by atoms with Gasteiger partial charge in [-0.1, -0.05) is 69.8 Å². The molecule has 34 heavy (non-hydrogen) atoms. The SMILES string of the molecule is Cc1ccccc1-n1c(=O)c2ccccc2n2c(SCC(=O)N(CC(C)C)CC(C)C)nnc12. The molecule has 2 heterocycles. The molecule has 0 bridgehead atoms. The van der Waals surface area contributed by atoms with Crippen LogP contribution >= 0.6 is 11.8 Å². The number of benzene rings is 2. The van der Waals surface area contributed by atoms with Crippen LogP contribution in [0.15, 0.2) is 58.5 Å². The Hall–Kier alpha value is -3.13. The maximum atomic E-state index is 13.5. The number of fused-ring (bicyclic) bond motifs is 3. The lowest BCUT2D eigenvalue weighted by molar-refractivity contribution is -0.129. The van der Waals surface area contributed by atoms with Gasteiger partial charge in [-0.2, -0.15) is 0 Å². The number of amides is 1. The predicted molar refractivity (Wildman–Crippen MR) is 138 cm³/mol. The van der Waals surface area contributed by atoms with Crippen LogP contribution in [0.3, 0.4) is 0 Å². The number of aryl methyl sites for hydroxylation is 1. The minimum atomic E-state index is -0.141. The molecule has 0 spiro atoms. The normalized spacial score (nSPS) is 11.7. The second-order valence-corrected chi connectivity index (χ2v) is 10.4. The number of carbonyl (C=O) groups excluding carboxylic acids is 1. The summed E-state index contributed by atoms with van der Waals surface area (Å²) < 4.78 is 3.50. The number of para-hydroxylation sites is 2. The van der Waals surface area contributed by atoms with Crippen molar-refractivity contribution in [3.8, 4) is 5.69 Å². The van der Waals surface area contributed by atoms with Gasteiger partial charge in [-0.05, 0) is 42.5 Å². The summed E-state index contributed by atoms with van der Waals surface area (Å²) in [6, 6.07) is 15.2. The van der Waals surface area contributed by atoms with Crippen molar-refractivity contribution in [3.05, 3.63) is 64.4 Å². The van der Waals surface area contributed by atoms with E-state index in [1.54, 1.807) is 4.57 Å². The third kappa shape index (κ3) is 4.73. The van der Waals surface area contributed by atoms with E-state index < -0.39 is 0 Å². The quantitative estimate of drug-likeness (QED) is 0.348. The molecule has 0 fully saturated rings. The monoisotopic (exact) mass is 477 g/mol. The molecule has 0 saturated carbocycles. The molecule has 1 amide bonds. The smallest absolute Gasteiger partial charge is 0.267 e. The number of rotatable bonds is 8. The zero-order valence-electron chi connectivity index (χ0n) is 20.4. The highest BCUT2D eigenvalue weighted by atomic mass is 32.2. The third-order valence-corrected chi connectivity index (χ3v) is 6.51. The van der Waals surface area contributed by atoms with Crippen LogP contribution in [0.2, 0.25) is 0 Å². The van der Waals surface area contributed by atoms with Crippen LogP contribution in [0.4, 0.5) is 0 Å². The molecule has 0 unspecified atom stereocenters. The van der Waals surface area contributed by atoms with Gasteiger partial charge in [0.25, 0.3) is 5.56 Å². The van der Waals surface area contributed by atoms with Gasteiger partial charge < -0.3 is 4.90 Å². The standard InChI is InChI=1S/C26H31N5O2S/c1-17(2)14-29(15-18(3)4)23(32)16-34-26-28-27-25-30(21-12-8-6-10-19(21)5)24(33)20-11-7-9-13-22(20)31(25)26/h6-13,17-18H,14-16H2,1-5H3. The molecule has 0 atom stereocenters. The highest BCUT2D eigenvalue weighted by Crippen LogP contribution is 2.24. The molecule has 4 aromatic rings. The van der Waals surface area contributed by atoms with Crippen LogP contribution in [0.1, 0.15) is 33.3 Å². The average molecular weight is 478 g/mol. The van der Waals surface area contributed by atoms with E-state index in [-0.39, 0.29) is 17.2 Å². The number of thioether (sulfide) groups is 1. The summed E-state index contributed by atoms with van der Waals surface area (Å²) in [6.45, 7) is 11.9. The molecular weight excluding hydrogens is 446 g/mol. The molecule has 8 heteroatoms. The summed E-state index contributed by atoms with van der Waals surface area (Å²) in [5.41, 5.74) is 2.32. The van der Waals surface area contributed by atoms with Crippen molar-refractivity contribution in [2.75, 3.05) is 18.8 Å². The van der Waals surface area contributed by atoms with Crippen LogP contribution in [-0.2, 0) is 4.79 Å². The fourth-order valence-corrected chi connectivity index (χ4v) is 5.02. The molecule has 7 nitrogen and oxygen atoms in total. The lowest BCUT2D eigenvalue weighted by Gasteiger charge is -2.26. The summed E-state index contributed by atoms with van der Waals surface area (Å²) in [7, 11) is 0.